The number of hydrogen-bond donors (Lipinski definition) is 1. The Balaban J connectivity index is 4.14. The Morgan fingerprint density at radius 2 is 2.05 bits per heavy atom. The predicted molar refractivity (Wildman–Crippen MR) is 73.5 cm³/mol. The maximum absolute atomic E-state index is 13.0. The molecule has 6 heteroatoms. The molecule has 0 aliphatic heterocycles. The number of rotatable bonds is 6. The number of halogens is 2. The minimum Gasteiger partial charge on any atom is -0.487 e. The Kier molecular flexibility index (Phi) is 7.22. The molecule has 0 radical (unpaired) electrons. The Hall–Kier alpha value is -1.49. The van der Waals surface area contributed by atoms with Crippen molar-refractivity contribution < 1.29 is 18.7 Å². The van der Waals surface area contributed by atoms with E-state index in [1.165, 1.54) is 6.08 Å². The van der Waals surface area contributed by atoms with Gasteiger partial charge in [0.2, 0.25) is 0 Å². The van der Waals surface area contributed by atoms with Crippen LogP contribution in [0.2, 0.25) is 0 Å². The largest absolute Gasteiger partial charge is 0.487 e. The summed E-state index contributed by atoms with van der Waals surface area (Å²) in [6, 6.07) is 0. The minimum absolute atomic E-state index is 0.0183. The second kappa shape index (κ2) is 7.84. The van der Waals surface area contributed by atoms with Gasteiger partial charge in [0, 0.05) is 0 Å². The molecule has 0 aromatic rings. The van der Waals surface area contributed by atoms with Crippen LogP contribution in [0.15, 0.2) is 35.9 Å². The van der Waals surface area contributed by atoms with E-state index in [1.807, 2.05) is 0 Å². The zero-order chi connectivity index (χ0) is 15.1. The number of ether oxygens (including phenoxy) is 2. The van der Waals surface area contributed by atoms with Gasteiger partial charge in [0.1, 0.15) is 12.2 Å². The van der Waals surface area contributed by atoms with Gasteiger partial charge in [-0.25, -0.2) is 9.18 Å². The summed E-state index contributed by atoms with van der Waals surface area (Å²) in [5.74, 6) is -0.996. The molecule has 1 N–H and O–H groups in total. The molecular formula is C13H19ClFNO3. The van der Waals surface area contributed by atoms with E-state index in [-0.39, 0.29) is 23.9 Å². The molecule has 0 saturated heterocycles. The quantitative estimate of drug-likeness (QED) is 0.462. The van der Waals surface area contributed by atoms with Crippen molar-refractivity contribution in [2.75, 3.05) is 13.2 Å². The van der Waals surface area contributed by atoms with Crippen LogP contribution in [0.25, 0.3) is 0 Å². The number of carbonyl (C=O) groups excluding carboxylic acids is 1. The summed E-state index contributed by atoms with van der Waals surface area (Å²) in [7, 11) is 0. The monoisotopic (exact) mass is 291 g/mol. The molecule has 0 aromatic carbocycles. The van der Waals surface area contributed by atoms with E-state index < -0.39 is 17.5 Å². The third-order valence-corrected chi connectivity index (χ3v) is 1.99. The fourth-order valence-electron chi connectivity index (χ4n) is 0.990. The maximum Gasteiger partial charge on any atom is 0.407 e. The van der Waals surface area contributed by atoms with Crippen molar-refractivity contribution in [1.29, 1.82) is 0 Å². The lowest BCUT2D eigenvalue weighted by atomic mass is 10.2. The molecule has 0 aliphatic rings. The third-order valence-electron chi connectivity index (χ3n) is 1.66. The lowest BCUT2D eigenvalue weighted by Gasteiger charge is -2.19. The standard InChI is InChI=1S/C13H19ClFNO3/c1-6-10(14)11(9(2)15)18-8-7-16-12(17)19-13(3,4)5/h6H,1-2,7-8H2,3-5H3,(H,16,17)/b11-10-. The van der Waals surface area contributed by atoms with Crippen molar-refractivity contribution in [3.63, 3.8) is 0 Å². The van der Waals surface area contributed by atoms with Gasteiger partial charge >= 0.3 is 6.09 Å². The number of allylic oxidation sites excluding steroid dienone is 3. The first kappa shape index (κ1) is 17.5. The van der Waals surface area contributed by atoms with Gasteiger partial charge < -0.3 is 14.8 Å². The molecule has 1 amide bonds. The van der Waals surface area contributed by atoms with Crippen LogP contribution in [0.4, 0.5) is 9.18 Å². The molecule has 0 saturated carbocycles. The number of carbonyl (C=O) groups is 1. The lowest BCUT2D eigenvalue weighted by molar-refractivity contribution is 0.0513. The zero-order valence-electron chi connectivity index (χ0n) is 11.4. The first-order valence-electron chi connectivity index (χ1n) is 5.64. The smallest absolute Gasteiger partial charge is 0.407 e. The van der Waals surface area contributed by atoms with E-state index >= 15 is 0 Å². The minimum atomic E-state index is -0.804. The van der Waals surface area contributed by atoms with Crippen molar-refractivity contribution in [3.8, 4) is 0 Å². The highest BCUT2D eigenvalue weighted by atomic mass is 35.5. The molecule has 108 valence electrons. The summed E-state index contributed by atoms with van der Waals surface area (Å²) in [4.78, 5) is 11.3. The van der Waals surface area contributed by atoms with Gasteiger partial charge in [0.05, 0.1) is 11.6 Å². The van der Waals surface area contributed by atoms with Crippen LogP contribution in [-0.4, -0.2) is 24.8 Å². The first-order chi connectivity index (χ1) is 8.67. The van der Waals surface area contributed by atoms with Crippen LogP contribution in [0.5, 0.6) is 0 Å². The molecule has 0 bridgehead atoms. The molecule has 0 spiro atoms. The molecule has 19 heavy (non-hydrogen) atoms. The fraction of sp³-hybridized carbons (Fsp3) is 0.462. The Bertz CT molecular complexity index is 386. The SMILES string of the molecule is C=C/C(Cl)=C(/OCCNC(=O)OC(C)(C)C)C(=C)F. The molecule has 0 heterocycles. The predicted octanol–water partition coefficient (Wildman–Crippen LogP) is 3.65. The molecule has 4 nitrogen and oxygen atoms in total. The van der Waals surface area contributed by atoms with Crippen LogP contribution in [0, 0.1) is 0 Å². The van der Waals surface area contributed by atoms with Crippen molar-refractivity contribution >= 4 is 17.7 Å². The molecule has 0 rings (SSSR count). The van der Waals surface area contributed by atoms with E-state index in [9.17, 15) is 9.18 Å². The van der Waals surface area contributed by atoms with Crippen molar-refractivity contribution in [2.24, 2.45) is 0 Å². The van der Waals surface area contributed by atoms with E-state index in [1.54, 1.807) is 20.8 Å². The summed E-state index contributed by atoms with van der Waals surface area (Å²) in [6.07, 6.45) is 0.665. The molecular weight excluding hydrogens is 273 g/mol. The topological polar surface area (TPSA) is 47.6 Å². The third kappa shape index (κ3) is 8.26. The van der Waals surface area contributed by atoms with Crippen molar-refractivity contribution in [2.45, 2.75) is 26.4 Å². The summed E-state index contributed by atoms with van der Waals surface area (Å²) in [6.45, 7) is 11.9. The highest BCUT2D eigenvalue weighted by Gasteiger charge is 2.15. The summed E-state index contributed by atoms with van der Waals surface area (Å²) in [5, 5.41) is 2.48. The van der Waals surface area contributed by atoms with Crippen LogP contribution < -0.4 is 5.32 Å². The van der Waals surface area contributed by atoms with Gasteiger partial charge in [-0.1, -0.05) is 24.8 Å². The van der Waals surface area contributed by atoms with Crippen LogP contribution in [0.1, 0.15) is 20.8 Å². The van der Waals surface area contributed by atoms with Crippen LogP contribution in [-0.2, 0) is 9.47 Å². The second-order valence-corrected chi connectivity index (χ2v) is 4.97. The average Bonchev–Trinajstić information content (AvgIpc) is 2.25. The summed E-state index contributed by atoms with van der Waals surface area (Å²) in [5.41, 5.74) is -0.574. The fourth-order valence-corrected chi connectivity index (χ4v) is 1.15. The number of amides is 1. The molecule has 0 fully saturated rings. The summed E-state index contributed by atoms with van der Waals surface area (Å²) < 4.78 is 23.1. The lowest BCUT2D eigenvalue weighted by Crippen LogP contribution is -2.34. The van der Waals surface area contributed by atoms with Gasteiger partial charge in [0.25, 0.3) is 0 Å². The molecule has 0 aromatic heterocycles. The maximum atomic E-state index is 13.0. The Morgan fingerprint density at radius 1 is 1.47 bits per heavy atom. The number of hydrogen-bond acceptors (Lipinski definition) is 3. The highest BCUT2D eigenvalue weighted by molar-refractivity contribution is 6.31. The molecule has 0 aliphatic carbocycles. The average molecular weight is 292 g/mol. The summed E-state index contributed by atoms with van der Waals surface area (Å²) >= 11 is 5.68. The molecule has 0 atom stereocenters. The van der Waals surface area contributed by atoms with E-state index in [0.717, 1.165) is 0 Å². The number of nitrogens with one attached hydrogen (secondary N) is 1. The van der Waals surface area contributed by atoms with Crippen molar-refractivity contribution in [1.82, 2.24) is 5.32 Å². The zero-order valence-corrected chi connectivity index (χ0v) is 12.1. The van der Waals surface area contributed by atoms with Crippen LogP contribution >= 0.6 is 11.6 Å². The Morgan fingerprint density at radius 3 is 2.47 bits per heavy atom. The van der Waals surface area contributed by atoms with E-state index in [2.05, 4.69) is 18.5 Å². The molecule has 0 unspecified atom stereocenters. The Labute approximate surface area is 117 Å². The van der Waals surface area contributed by atoms with Gasteiger partial charge in [-0.2, -0.15) is 0 Å². The van der Waals surface area contributed by atoms with E-state index in [0.29, 0.717) is 0 Å². The highest BCUT2D eigenvalue weighted by Crippen LogP contribution is 2.19. The normalized spacial score (nSPS) is 12.3. The van der Waals surface area contributed by atoms with Gasteiger partial charge in [-0.3, -0.25) is 0 Å². The van der Waals surface area contributed by atoms with E-state index in [4.69, 9.17) is 21.1 Å². The van der Waals surface area contributed by atoms with Crippen molar-refractivity contribution in [3.05, 3.63) is 35.9 Å². The first-order valence-corrected chi connectivity index (χ1v) is 6.02. The van der Waals surface area contributed by atoms with Gasteiger partial charge in [0.15, 0.2) is 11.6 Å². The van der Waals surface area contributed by atoms with Crippen LogP contribution in [0.3, 0.4) is 0 Å². The number of alkyl carbamates (subject to hydrolysis) is 1. The van der Waals surface area contributed by atoms with Gasteiger partial charge in [-0.05, 0) is 26.8 Å². The second-order valence-electron chi connectivity index (χ2n) is 4.56. The van der Waals surface area contributed by atoms with Gasteiger partial charge in [-0.15, -0.1) is 0 Å².